The van der Waals surface area contributed by atoms with Crippen molar-refractivity contribution in [2.24, 2.45) is 0 Å². The van der Waals surface area contributed by atoms with Gasteiger partial charge < -0.3 is 21.1 Å². The van der Waals surface area contributed by atoms with Crippen LogP contribution in [0.5, 0.6) is 0 Å². The Balaban J connectivity index is 2.75. The van der Waals surface area contributed by atoms with E-state index in [1.807, 2.05) is 0 Å². The van der Waals surface area contributed by atoms with Crippen LogP contribution in [0, 0.1) is 0 Å². The number of hydrogen-bond acceptors (Lipinski definition) is 5. The second-order valence-electron chi connectivity index (χ2n) is 3.12. The molecular formula is C9H12N2O4. The molecule has 0 aliphatic rings. The maximum absolute atomic E-state index is 10.3. The highest BCUT2D eigenvalue weighted by atomic mass is 16.4. The van der Waals surface area contributed by atoms with Crippen LogP contribution in [0.15, 0.2) is 18.3 Å². The smallest absolute Gasteiger partial charge is 0.306 e. The zero-order chi connectivity index (χ0) is 11.4. The summed E-state index contributed by atoms with van der Waals surface area (Å²) in [7, 11) is 0. The van der Waals surface area contributed by atoms with Gasteiger partial charge in [-0.2, -0.15) is 0 Å². The van der Waals surface area contributed by atoms with Gasteiger partial charge in [0.2, 0.25) is 0 Å². The van der Waals surface area contributed by atoms with Gasteiger partial charge in [-0.1, -0.05) is 0 Å². The molecule has 0 fully saturated rings. The lowest BCUT2D eigenvalue weighted by Crippen LogP contribution is -2.21. The first kappa shape index (κ1) is 11.4. The van der Waals surface area contributed by atoms with E-state index in [0.717, 1.165) is 0 Å². The number of aliphatic hydroxyl groups excluding tert-OH is 2. The minimum atomic E-state index is -1.36. The summed E-state index contributed by atoms with van der Waals surface area (Å²) in [6.45, 7) is 0. The summed E-state index contributed by atoms with van der Waals surface area (Å²) in [5.74, 6) is -0.974. The Morgan fingerprint density at radius 1 is 1.53 bits per heavy atom. The van der Waals surface area contributed by atoms with E-state index in [2.05, 4.69) is 4.98 Å². The molecule has 0 amide bonds. The van der Waals surface area contributed by atoms with Crippen LogP contribution >= 0.6 is 0 Å². The number of rotatable bonds is 4. The number of hydrogen-bond donors (Lipinski definition) is 4. The molecule has 1 rings (SSSR count). The van der Waals surface area contributed by atoms with E-state index in [0.29, 0.717) is 5.56 Å². The fraction of sp³-hybridized carbons (Fsp3) is 0.333. The van der Waals surface area contributed by atoms with Crippen LogP contribution in [0.2, 0.25) is 0 Å². The summed E-state index contributed by atoms with van der Waals surface area (Å²) < 4.78 is 0. The number of nitrogen functional groups attached to an aromatic ring is 1. The van der Waals surface area contributed by atoms with Crippen LogP contribution in [-0.2, 0) is 4.79 Å². The zero-order valence-electron chi connectivity index (χ0n) is 7.87. The SMILES string of the molecule is Nc1cc(C(O)C(O)CC(=O)O)ccn1. The van der Waals surface area contributed by atoms with E-state index in [1.54, 1.807) is 0 Å². The molecule has 2 unspecified atom stereocenters. The summed E-state index contributed by atoms with van der Waals surface area (Å²) >= 11 is 0. The number of carboxylic acid groups (broad SMARTS) is 1. The quantitative estimate of drug-likeness (QED) is 0.536. The highest BCUT2D eigenvalue weighted by molar-refractivity contribution is 5.67. The Hall–Kier alpha value is -1.66. The van der Waals surface area contributed by atoms with Crippen molar-refractivity contribution in [3.05, 3.63) is 23.9 Å². The average molecular weight is 212 g/mol. The first-order chi connectivity index (χ1) is 7.00. The monoisotopic (exact) mass is 212 g/mol. The minimum Gasteiger partial charge on any atom is -0.481 e. The zero-order valence-corrected chi connectivity index (χ0v) is 7.87. The molecule has 0 saturated carbocycles. The molecule has 0 bridgehead atoms. The van der Waals surface area contributed by atoms with E-state index < -0.39 is 24.6 Å². The van der Waals surface area contributed by atoms with Gasteiger partial charge >= 0.3 is 5.97 Å². The maximum atomic E-state index is 10.3. The Bertz CT molecular complexity index is 356. The molecular weight excluding hydrogens is 200 g/mol. The van der Waals surface area contributed by atoms with E-state index in [1.165, 1.54) is 18.3 Å². The Kier molecular flexibility index (Phi) is 3.59. The summed E-state index contributed by atoms with van der Waals surface area (Å²) in [5.41, 5.74) is 5.72. The molecule has 1 aromatic rings. The number of nitrogens with two attached hydrogens (primary N) is 1. The number of aliphatic hydroxyl groups is 2. The van der Waals surface area contributed by atoms with Crippen LogP contribution in [-0.4, -0.2) is 32.4 Å². The molecule has 0 aliphatic carbocycles. The highest BCUT2D eigenvalue weighted by Crippen LogP contribution is 2.19. The van der Waals surface area contributed by atoms with Crippen molar-refractivity contribution in [3.63, 3.8) is 0 Å². The number of aromatic nitrogens is 1. The van der Waals surface area contributed by atoms with Gasteiger partial charge in [-0.3, -0.25) is 4.79 Å². The molecule has 1 heterocycles. The Morgan fingerprint density at radius 3 is 2.73 bits per heavy atom. The lowest BCUT2D eigenvalue weighted by Gasteiger charge is -2.16. The van der Waals surface area contributed by atoms with Crippen LogP contribution in [0.25, 0.3) is 0 Å². The first-order valence-electron chi connectivity index (χ1n) is 4.30. The number of anilines is 1. The van der Waals surface area contributed by atoms with Crippen molar-refractivity contribution in [2.45, 2.75) is 18.6 Å². The third-order valence-electron chi connectivity index (χ3n) is 1.89. The predicted molar refractivity (Wildman–Crippen MR) is 51.9 cm³/mol. The molecule has 0 aliphatic heterocycles. The molecule has 0 radical (unpaired) electrons. The molecule has 15 heavy (non-hydrogen) atoms. The second-order valence-corrected chi connectivity index (χ2v) is 3.12. The largest absolute Gasteiger partial charge is 0.481 e. The number of pyridine rings is 1. The summed E-state index contributed by atoms with van der Waals surface area (Å²) in [6, 6.07) is 2.85. The van der Waals surface area contributed by atoms with Crippen molar-refractivity contribution >= 4 is 11.8 Å². The van der Waals surface area contributed by atoms with Gasteiger partial charge in [0.15, 0.2) is 0 Å². The summed E-state index contributed by atoms with van der Waals surface area (Å²) in [5, 5.41) is 27.3. The molecule has 0 spiro atoms. The molecule has 82 valence electrons. The van der Waals surface area contributed by atoms with E-state index >= 15 is 0 Å². The van der Waals surface area contributed by atoms with Gasteiger partial charge in [-0.15, -0.1) is 0 Å². The van der Waals surface area contributed by atoms with Crippen LogP contribution in [0.1, 0.15) is 18.1 Å². The normalized spacial score (nSPS) is 14.5. The molecule has 1 aromatic heterocycles. The molecule has 0 saturated heterocycles. The third-order valence-corrected chi connectivity index (χ3v) is 1.89. The van der Waals surface area contributed by atoms with Gasteiger partial charge in [-0.05, 0) is 17.7 Å². The van der Waals surface area contributed by atoms with Crippen molar-refractivity contribution in [1.29, 1.82) is 0 Å². The maximum Gasteiger partial charge on any atom is 0.306 e. The highest BCUT2D eigenvalue weighted by Gasteiger charge is 2.21. The van der Waals surface area contributed by atoms with Crippen molar-refractivity contribution in [2.75, 3.05) is 5.73 Å². The van der Waals surface area contributed by atoms with Gasteiger partial charge in [0.1, 0.15) is 11.9 Å². The lowest BCUT2D eigenvalue weighted by molar-refractivity contribution is -0.141. The van der Waals surface area contributed by atoms with Crippen LogP contribution in [0.4, 0.5) is 5.82 Å². The second kappa shape index (κ2) is 4.72. The molecule has 2 atom stereocenters. The molecule has 6 nitrogen and oxygen atoms in total. The first-order valence-corrected chi connectivity index (χ1v) is 4.30. The number of aliphatic carboxylic acids is 1. The van der Waals surface area contributed by atoms with Gasteiger partial charge in [0, 0.05) is 6.20 Å². The lowest BCUT2D eigenvalue weighted by atomic mass is 10.0. The van der Waals surface area contributed by atoms with Gasteiger partial charge in [-0.25, -0.2) is 4.98 Å². The number of carbonyl (C=O) groups is 1. The van der Waals surface area contributed by atoms with Crippen molar-refractivity contribution in [1.82, 2.24) is 4.98 Å². The molecule has 0 aromatic carbocycles. The Labute approximate surface area is 86.0 Å². The standard InChI is InChI=1S/C9H12N2O4/c10-7-3-5(1-2-11-7)9(15)6(12)4-8(13)14/h1-3,6,9,12,15H,4H2,(H2,10,11)(H,13,14). The predicted octanol–water partition coefficient (Wildman–Crippen LogP) is -0.467. The number of carboxylic acids is 1. The van der Waals surface area contributed by atoms with Crippen molar-refractivity contribution < 1.29 is 20.1 Å². The van der Waals surface area contributed by atoms with Crippen LogP contribution in [0.3, 0.4) is 0 Å². The summed E-state index contributed by atoms with van der Waals surface area (Å²) in [4.78, 5) is 14.0. The van der Waals surface area contributed by atoms with Crippen LogP contribution < -0.4 is 5.73 Å². The van der Waals surface area contributed by atoms with Gasteiger partial charge in [0.05, 0.1) is 12.5 Å². The topological polar surface area (TPSA) is 117 Å². The molecule has 5 N–H and O–H groups in total. The van der Waals surface area contributed by atoms with E-state index in [9.17, 15) is 15.0 Å². The van der Waals surface area contributed by atoms with E-state index in [-0.39, 0.29) is 5.82 Å². The number of nitrogens with zero attached hydrogens (tertiary/aromatic N) is 1. The fourth-order valence-corrected chi connectivity index (χ4v) is 1.16. The molecule has 6 heteroatoms. The average Bonchev–Trinajstić information content (AvgIpc) is 2.15. The van der Waals surface area contributed by atoms with Gasteiger partial charge in [0.25, 0.3) is 0 Å². The van der Waals surface area contributed by atoms with E-state index in [4.69, 9.17) is 10.8 Å². The third kappa shape index (κ3) is 3.19. The fourth-order valence-electron chi connectivity index (χ4n) is 1.16. The summed E-state index contributed by atoms with van der Waals surface area (Å²) in [6.07, 6.45) is -1.78. The Morgan fingerprint density at radius 2 is 2.20 bits per heavy atom. The minimum absolute atomic E-state index is 0.203. The van der Waals surface area contributed by atoms with Crippen molar-refractivity contribution in [3.8, 4) is 0 Å².